The third-order valence-electron chi connectivity index (χ3n) is 3.19. The zero-order valence-electron chi connectivity index (χ0n) is 14.0. The monoisotopic (exact) mass is 363 g/mol. The number of thioether (sulfide) groups is 2. The minimum Gasteiger partial charge on any atom is -0.493 e. The van der Waals surface area contributed by atoms with Gasteiger partial charge in [-0.25, -0.2) is 0 Å². The van der Waals surface area contributed by atoms with Crippen LogP contribution in [0.3, 0.4) is 0 Å². The molecule has 0 fully saturated rings. The fraction of sp³-hybridized carbons (Fsp3) is 0.278. The van der Waals surface area contributed by atoms with Crippen molar-refractivity contribution in [1.82, 2.24) is 0 Å². The largest absolute Gasteiger partial charge is 0.493 e. The van der Waals surface area contributed by atoms with Gasteiger partial charge in [0, 0.05) is 9.79 Å². The molecule has 1 N–H and O–H groups in total. The third kappa shape index (κ3) is 5.11. The van der Waals surface area contributed by atoms with E-state index in [4.69, 9.17) is 9.47 Å². The van der Waals surface area contributed by atoms with Crippen molar-refractivity contribution in [2.24, 2.45) is 0 Å². The summed E-state index contributed by atoms with van der Waals surface area (Å²) < 4.78 is 10.5. The van der Waals surface area contributed by atoms with Crippen molar-refractivity contribution in [2.75, 3.05) is 31.0 Å². The van der Waals surface area contributed by atoms with Gasteiger partial charge in [0.25, 0.3) is 0 Å². The molecule has 0 saturated heterocycles. The van der Waals surface area contributed by atoms with Crippen LogP contribution in [0, 0.1) is 0 Å². The predicted molar refractivity (Wildman–Crippen MR) is 102 cm³/mol. The van der Waals surface area contributed by atoms with Crippen LogP contribution in [-0.2, 0) is 4.79 Å². The molecule has 2 aromatic rings. The quantitative estimate of drug-likeness (QED) is 0.698. The van der Waals surface area contributed by atoms with Crippen molar-refractivity contribution in [3.8, 4) is 11.5 Å². The molecule has 0 atom stereocenters. The van der Waals surface area contributed by atoms with Crippen LogP contribution in [0.15, 0.2) is 52.3 Å². The number of benzene rings is 2. The van der Waals surface area contributed by atoms with Gasteiger partial charge < -0.3 is 14.8 Å². The molecule has 0 aliphatic heterocycles. The van der Waals surface area contributed by atoms with Crippen LogP contribution in [0.1, 0.15) is 6.92 Å². The fourth-order valence-electron chi connectivity index (χ4n) is 2.09. The van der Waals surface area contributed by atoms with E-state index in [0.29, 0.717) is 17.3 Å². The van der Waals surface area contributed by atoms with Crippen molar-refractivity contribution in [3.05, 3.63) is 42.5 Å². The van der Waals surface area contributed by atoms with E-state index in [1.54, 1.807) is 26.0 Å². The van der Waals surface area contributed by atoms with Crippen LogP contribution in [0.2, 0.25) is 0 Å². The maximum absolute atomic E-state index is 12.2. The smallest absolute Gasteiger partial charge is 0.234 e. The van der Waals surface area contributed by atoms with Gasteiger partial charge in [0.1, 0.15) is 0 Å². The molecule has 0 unspecified atom stereocenters. The first kappa shape index (κ1) is 18.5. The predicted octanol–water partition coefficient (Wildman–Crippen LogP) is 4.55. The number of hydrogen-bond acceptors (Lipinski definition) is 5. The average Bonchev–Trinajstić information content (AvgIpc) is 2.61. The highest BCUT2D eigenvalue weighted by Gasteiger charge is 2.09. The van der Waals surface area contributed by atoms with Crippen LogP contribution in [0.5, 0.6) is 11.5 Å². The molecule has 0 aliphatic rings. The van der Waals surface area contributed by atoms with Gasteiger partial charge in [-0.2, -0.15) is 0 Å². The average molecular weight is 364 g/mol. The molecule has 24 heavy (non-hydrogen) atoms. The van der Waals surface area contributed by atoms with Gasteiger partial charge in [-0.3, -0.25) is 4.79 Å². The summed E-state index contributed by atoms with van der Waals surface area (Å²) in [7, 11) is 3.20. The first-order chi connectivity index (χ1) is 11.7. The van der Waals surface area contributed by atoms with Gasteiger partial charge in [0.2, 0.25) is 5.91 Å². The molecule has 0 aromatic heterocycles. The van der Waals surface area contributed by atoms with Crippen LogP contribution in [0.4, 0.5) is 5.69 Å². The minimum atomic E-state index is -0.0288. The summed E-state index contributed by atoms with van der Waals surface area (Å²) in [5.41, 5.74) is 0.863. The Hall–Kier alpha value is -1.79. The van der Waals surface area contributed by atoms with Gasteiger partial charge >= 0.3 is 0 Å². The number of methoxy groups -OCH3 is 2. The van der Waals surface area contributed by atoms with Crippen LogP contribution in [0.25, 0.3) is 0 Å². The molecule has 2 rings (SSSR count). The summed E-state index contributed by atoms with van der Waals surface area (Å²) in [6, 6.07) is 13.5. The standard InChI is InChI=1S/C18H21NO3S2/c1-4-23-17-8-6-5-7-14(17)19-18(20)12-24-13-9-10-15(21-2)16(11-13)22-3/h5-11H,4,12H2,1-3H3,(H,19,20). The van der Waals surface area contributed by atoms with Crippen LogP contribution < -0.4 is 14.8 Å². The minimum absolute atomic E-state index is 0.0288. The normalized spacial score (nSPS) is 10.3. The first-order valence-electron chi connectivity index (χ1n) is 7.54. The van der Waals surface area contributed by atoms with E-state index in [9.17, 15) is 4.79 Å². The van der Waals surface area contributed by atoms with Crippen molar-refractivity contribution in [1.29, 1.82) is 0 Å². The third-order valence-corrected chi connectivity index (χ3v) is 5.14. The van der Waals surface area contributed by atoms with Gasteiger partial charge in [-0.1, -0.05) is 19.1 Å². The number of carbonyl (C=O) groups is 1. The lowest BCUT2D eigenvalue weighted by Gasteiger charge is -2.11. The van der Waals surface area contributed by atoms with Crippen molar-refractivity contribution in [3.63, 3.8) is 0 Å². The number of carbonyl (C=O) groups excluding carboxylic acids is 1. The van der Waals surface area contributed by atoms with E-state index in [-0.39, 0.29) is 5.91 Å². The SMILES string of the molecule is CCSc1ccccc1NC(=O)CSc1ccc(OC)c(OC)c1. The Morgan fingerprint density at radius 3 is 2.50 bits per heavy atom. The molecule has 1 amide bonds. The number of ether oxygens (including phenoxy) is 2. The number of amides is 1. The Morgan fingerprint density at radius 1 is 1.04 bits per heavy atom. The highest BCUT2D eigenvalue weighted by molar-refractivity contribution is 8.00. The molecule has 4 nitrogen and oxygen atoms in total. The number of nitrogens with one attached hydrogen (secondary N) is 1. The zero-order valence-corrected chi connectivity index (χ0v) is 15.6. The summed E-state index contributed by atoms with van der Waals surface area (Å²) in [6.07, 6.45) is 0. The Morgan fingerprint density at radius 2 is 1.79 bits per heavy atom. The molecule has 2 aromatic carbocycles. The van der Waals surface area contributed by atoms with E-state index < -0.39 is 0 Å². The number of rotatable bonds is 8. The molecule has 0 bridgehead atoms. The first-order valence-corrected chi connectivity index (χ1v) is 9.51. The lowest BCUT2D eigenvalue weighted by atomic mass is 10.3. The Kier molecular flexibility index (Phi) is 7.34. The summed E-state index contributed by atoms with van der Waals surface area (Å²) in [5, 5.41) is 2.98. The lowest BCUT2D eigenvalue weighted by molar-refractivity contribution is -0.113. The van der Waals surface area contributed by atoms with Gasteiger partial charge in [0.15, 0.2) is 11.5 Å². The van der Waals surface area contributed by atoms with Gasteiger partial charge in [0.05, 0.1) is 25.7 Å². The maximum atomic E-state index is 12.2. The highest BCUT2D eigenvalue weighted by Crippen LogP contribution is 2.32. The van der Waals surface area contributed by atoms with Gasteiger partial charge in [-0.05, 0) is 36.1 Å². The molecule has 0 heterocycles. The second kappa shape index (κ2) is 9.49. The topological polar surface area (TPSA) is 47.6 Å². The summed E-state index contributed by atoms with van der Waals surface area (Å²) in [5.74, 6) is 2.61. The molecular weight excluding hydrogens is 342 g/mol. The summed E-state index contributed by atoms with van der Waals surface area (Å²) >= 11 is 3.18. The number of hydrogen-bond donors (Lipinski definition) is 1. The molecule has 128 valence electrons. The molecule has 0 radical (unpaired) electrons. The second-order valence-electron chi connectivity index (χ2n) is 4.78. The molecule has 0 spiro atoms. The van der Waals surface area contributed by atoms with Crippen molar-refractivity contribution in [2.45, 2.75) is 16.7 Å². The summed E-state index contributed by atoms with van der Waals surface area (Å²) in [6.45, 7) is 2.09. The van der Waals surface area contributed by atoms with Crippen molar-refractivity contribution >= 4 is 35.1 Å². The lowest BCUT2D eigenvalue weighted by Crippen LogP contribution is -2.14. The van der Waals surface area contributed by atoms with Crippen LogP contribution in [-0.4, -0.2) is 31.6 Å². The fourth-order valence-corrected chi connectivity index (χ4v) is 3.58. The van der Waals surface area contributed by atoms with Gasteiger partial charge in [-0.15, -0.1) is 23.5 Å². The molecule has 0 aliphatic carbocycles. The van der Waals surface area contributed by atoms with E-state index in [1.807, 2.05) is 42.5 Å². The van der Waals surface area contributed by atoms with E-state index in [2.05, 4.69) is 12.2 Å². The number of para-hydroxylation sites is 1. The Bertz CT molecular complexity index is 692. The Balaban J connectivity index is 1.96. The van der Waals surface area contributed by atoms with Crippen LogP contribution >= 0.6 is 23.5 Å². The van der Waals surface area contributed by atoms with E-state index in [1.165, 1.54) is 11.8 Å². The van der Waals surface area contributed by atoms with E-state index in [0.717, 1.165) is 21.2 Å². The summed E-state index contributed by atoms with van der Waals surface area (Å²) in [4.78, 5) is 14.3. The molecular formula is C18H21NO3S2. The maximum Gasteiger partial charge on any atom is 0.234 e. The van der Waals surface area contributed by atoms with Crippen molar-refractivity contribution < 1.29 is 14.3 Å². The molecule has 6 heteroatoms. The number of anilines is 1. The zero-order chi connectivity index (χ0) is 17.4. The van der Waals surface area contributed by atoms with E-state index >= 15 is 0 Å². The second-order valence-corrected chi connectivity index (χ2v) is 7.14. The molecule has 0 saturated carbocycles. The highest BCUT2D eigenvalue weighted by atomic mass is 32.2. The Labute approximate surface area is 151 Å².